The van der Waals surface area contributed by atoms with Crippen LogP contribution >= 0.6 is 11.3 Å². The fourth-order valence-electron chi connectivity index (χ4n) is 3.07. The van der Waals surface area contributed by atoms with E-state index in [1.54, 1.807) is 28.5 Å². The largest absolute Gasteiger partial charge is 0.447 e. The van der Waals surface area contributed by atoms with Crippen LogP contribution in [0.2, 0.25) is 0 Å². The number of hydrogen-bond acceptors (Lipinski definition) is 7. The molecule has 1 unspecified atom stereocenters. The number of ether oxygens (including phenoxy) is 1. The van der Waals surface area contributed by atoms with Crippen LogP contribution in [0.1, 0.15) is 31.8 Å². The summed E-state index contributed by atoms with van der Waals surface area (Å²) in [5, 5.41) is 4.25. The zero-order valence-corrected chi connectivity index (χ0v) is 16.2. The van der Waals surface area contributed by atoms with Gasteiger partial charge in [0.2, 0.25) is 5.95 Å². The van der Waals surface area contributed by atoms with E-state index in [-0.39, 0.29) is 24.1 Å². The Morgan fingerprint density at radius 2 is 2.04 bits per heavy atom. The first-order valence-corrected chi connectivity index (χ1v) is 9.75. The maximum atomic E-state index is 12.2. The minimum atomic E-state index is -0.363. The molecule has 8 heteroatoms. The lowest BCUT2D eigenvalue weighted by molar-refractivity contribution is 0.177. The van der Waals surface area contributed by atoms with E-state index < -0.39 is 0 Å². The van der Waals surface area contributed by atoms with Crippen LogP contribution in [0, 0.1) is 5.92 Å². The number of aromatic nitrogens is 3. The number of nitrogens with one attached hydrogen (secondary N) is 1. The van der Waals surface area contributed by atoms with E-state index >= 15 is 0 Å². The summed E-state index contributed by atoms with van der Waals surface area (Å²) in [6.45, 7) is 6.53. The number of thiazole rings is 1. The molecule has 4 rings (SSSR count). The number of benzene rings is 1. The van der Waals surface area contributed by atoms with Crippen molar-refractivity contribution in [3.8, 4) is 0 Å². The third-order valence-corrected chi connectivity index (χ3v) is 5.81. The first-order chi connectivity index (χ1) is 13.0. The van der Waals surface area contributed by atoms with Crippen molar-refractivity contribution in [1.29, 1.82) is 0 Å². The Labute approximate surface area is 161 Å². The Kier molecular flexibility index (Phi) is 4.65. The predicted octanol–water partition coefficient (Wildman–Crippen LogP) is 4.24. The zero-order chi connectivity index (χ0) is 19.0. The van der Waals surface area contributed by atoms with Gasteiger partial charge in [0, 0.05) is 6.20 Å². The van der Waals surface area contributed by atoms with Gasteiger partial charge in [-0.05, 0) is 31.0 Å². The Hall–Kier alpha value is -2.74. The van der Waals surface area contributed by atoms with Gasteiger partial charge in [-0.15, -0.1) is 11.3 Å². The van der Waals surface area contributed by atoms with Crippen LogP contribution in [-0.2, 0) is 4.74 Å². The molecule has 0 aliphatic carbocycles. The number of carbonyl (C=O) groups is 1. The average Bonchev–Trinajstić information content (AvgIpc) is 3.25. The fraction of sp³-hybridized carbons (Fsp3) is 0.368. The van der Waals surface area contributed by atoms with Crippen molar-refractivity contribution in [2.75, 3.05) is 16.8 Å². The molecule has 1 aliphatic heterocycles. The number of fused-ring (bicyclic) bond motifs is 1. The topological polar surface area (TPSA) is 80.2 Å². The molecule has 7 nitrogen and oxygen atoms in total. The molecule has 0 bridgehead atoms. The van der Waals surface area contributed by atoms with E-state index in [1.165, 1.54) is 0 Å². The number of carbonyl (C=O) groups excluding carboxylic acids is 1. The molecular weight excluding hydrogens is 362 g/mol. The molecule has 1 aliphatic rings. The van der Waals surface area contributed by atoms with Crippen LogP contribution in [0.15, 0.2) is 36.5 Å². The van der Waals surface area contributed by atoms with Gasteiger partial charge < -0.3 is 10.1 Å². The molecule has 3 aromatic rings. The number of nitrogens with zero attached hydrogens (tertiary/aromatic N) is 4. The average molecular weight is 383 g/mol. The lowest BCUT2D eigenvalue weighted by Crippen LogP contribution is -2.37. The van der Waals surface area contributed by atoms with E-state index in [9.17, 15) is 4.79 Å². The molecule has 1 fully saturated rings. The van der Waals surface area contributed by atoms with Gasteiger partial charge in [-0.2, -0.15) is 4.98 Å². The molecule has 2 atom stereocenters. The number of anilines is 2. The second-order valence-corrected chi connectivity index (χ2v) is 7.94. The van der Waals surface area contributed by atoms with Crippen molar-refractivity contribution in [1.82, 2.24) is 15.0 Å². The van der Waals surface area contributed by atoms with Crippen molar-refractivity contribution in [2.24, 2.45) is 5.92 Å². The Morgan fingerprint density at radius 3 is 2.81 bits per heavy atom. The summed E-state index contributed by atoms with van der Waals surface area (Å²) in [4.78, 5) is 27.3. The third-order valence-electron chi connectivity index (χ3n) is 4.59. The molecule has 2 aromatic heterocycles. The minimum absolute atomic E-state index is 0.0260. The standard InChI is InChI=1S/C19H21N5O2S/c1-11(2)14-10-26-19(25)24(14)16-8-9-20-18(23-16)21-12(3)17-22-13-6-4-5-7-15(13)27-17/h4-9,11-12,14H,10H2,1-3H3,(H,20,21,23)/t12-,14?/m0/s1. The minimum Gasteiger partial charge on any atom is -0.447 e. The molecule has 1 N–H and O–H groups in total. The lowest BCUT2D eigenvalue weighted by atomic mass is 10.0. The maximum Gasteiger partial charge on any atom is 0.415 e. The highest BCUT2D eigenvalue weighted by Crippen LogP contribution is 2.29. The summed E-state index contributed by atoms with van der Waals surface area (Å²) in [7, 11) is 0. The fourth-order valence-corrected chi connectivity index (χ4v) is 4.04. The van der Waals surface area contributed by atoms with Gasteiger partial charge >= 0.3 is 6.09 Å². The third kappa shape index (κ3) is 3.44. The maximum absolute atomic E-state index is 12.2. The molecule has 1 amide bonds. The van der Waals surface area contributed by atoms with Crippen molar-refractivity contribution in [3.63, 3.8) is 0 Å². The highest BCUT2D eigenvalue weighted by Gasteiger charge is 2.37. The number of cyclic esters (lactones) is 1. The summed E-state index contributed by atoms with van der Waals surface area (Å²) >= 11 is 1.65. The predicted molar refractivity (Wildman–Crippen MR) is 106 cm³/mol. The smallest absolute Gasteiger partial charge is 0.415 e. The van der Waals surface area contributed by atoms with E-state index in [0.29, 0.717) is 18.4 Å². The number of rotatable bonds is 5. The molecule has 0 radical (unpaired) electrons. The van der Waals surface area contributed by atoms with E-state index in [4.69, 9.17) is 4.74 Å². The van der Waals surface area contributed by atoms with Gasteiger partial charge in [-0.1, -0.05) is 26.0 Å². The molecule has 0 spiro atoms. The molecule has 1 saturated heterocycles. The molecule has 0 saturated carbocycles. The summed E-state index contributed by atoms with van der Waals surface area (Å²) < 4.78 is 6.36. The van der Waals surface area contributed by atoms with Gasteiger partial charge in [0.05, 0.1) is 22.3 Å². The van der Waals surface area contributed by atoms with Crippen LogP contribution in [0.3, 0.4) is 0 Å². The summed E-state index contributed by atoms with van der Waals surface area (Å²) in [6, 6.07) is 9.71. The number of para-hydroxylation sites is 1. The van der Waals surface area contributed by atoms with E-state index in [0.717, 1.165) is 15.2 Å². The lowest BCUT2D eigenvalue weighted by Gasteiger charge is -2.23. The van der Waals surface area contributed by atoms with Crippen molar-refractivity contribution >= 4 is 39.4 Å². The van der Waals surface area contributed by atoms with Crippen molar-refractivity contribution in [3.05, 3.63) is 41.5 Å². The highest BCUT2D eigenvalue weighted by atomic mass is 32.1. The summed E-state index contributed by atoms with van der Waals surface area (Å²) in [6.07, 6.45) is 1.29. The number of hydrogen-bond donors (Lipinski definition) is 1. The molecular formula is C19H21N5O2S. The number of amides is 1. The summed E-state index contributed by atoms with van der Waals surface area (Å²) in [5.41, 5.74) is 0.986. The second-order valence-electron chi connectivity index (χ2n) is 6.88. The molecule has 1 aromatic carbocycles. The molecule has 27 heavy (non-hydrogen) atoms. The van der Waals surface area contributed by atoms with Gasteiger partial charge in [0.1, 0.15) is 17.4 Å². The highest BCUT2D eigenvalue weighted by molar-refractivity contribution is 7.18. The normalized spacial score (nSPS) is 18.1. The van der Waals surface area contributed by atoms with Gasteiger partial charge in [-0.25, -0.2) is 14.8 Å². The van der Waals surface area contributed by atoms with E-state index in [2.05, 4.69) is 40.2 Å². The van der Waals surface area contributed by atoms with Crippen LogP contribution in [0.4, 0.5) is 16.6 Å². The van der Waals surface area contributed by atoms with Gasteiger partial charge in [-0.3, -0.25) is 4.90 Å². The zero-order valence-electron chi connectivity index (χ0n) is 15.4. The second kappa shape index (κ2) is 7.11. The van der Waals surface area contributed by atoms with Crippen molar-refractivity contribution < 1.29 is 9.53 Å². The quantitative estimate of drug-likeness (QED) is 0.710. The Morgan fingerprint density at radius 1 is 1.22 bits per heavy atom. The first kappa shape index (κ1) is 17.7. The summed E-state index contributed by atoms with van der Waals surface area (Å²) in [5.74, 6) is 1.27. The Balaban J connectivity index is 1.56. The first-order valence-electron chi connectivity index (χ1n) is 8.94. The van der Waals surface area contributed by atoms with Crippen LogP contribution < -0.4 is 10.2 Å². The SMILES string of the molecule is CC(C)C1COC(=O)N1c1ccnc(N[C@@H](C)c2nc3ccccc3s2)n1. The monoisotopic (exact) mass is 383 g/mol. The van der Waals surface area contributed by atoms with E-state index in [1.807, 2.05) is 25.1 Å². The Bertz CT molecular complexity index is 940. The van der Waals surface area contributed by atoms with Crippen LogP contribution in [0.25, 0.3) is 10.2 Å². The van der Waals surface area contributed by atoms with Crippen molar-refractivity contribution in [2.45, 2.75) is 32.9 Å². The van der Waals surface area contributed by atoms with Crippen LogP contribution in [0.5, 0.6) is 0 Å². The van der Waals surface area contributed by atoms with Crippen LogP contribution in [-0.4, -0.2) is 33.7 Å². The molecule has 3 heterocycles. The van der Waals surface area contributed by atoms with Gasteiger partial charge in [0.15, 0.2) is 0 Å². The van der Waals surface area contributed by atoms with Gasteiger partial charge in [0.25, 0.3) is 0 Å². The molecule has 140 valence electrons.